The Hall–Kier alpha value is -2.89. The summed E-state index contributed by atoms with van der Waals surface area (Å²) in [5.74, 6) is -0.819. The lowest BCUT2D eigenvalue weighted by molar-refractivity contribution is -0.136. The maximum absolute atomic E-state index is 11.3. The van der Waals surface area contributed by atoms with Gasteiger partial charge in [0.15, 0.2) is 0 Å². The molecule has 2 heterocycles. The molecule has 0 spiro atoms. The molecule has 4 rings (SSSR count). The highest BCUT2D eigenvalue weighted by atomic mass is 32.1. The van der Waals surface area contributed by atoms with E-state index in [4.69, 9.17) is 0 Å². The fourth-order valence-electron chi connectivity index (χ4n) is 3.42. The second-order valence-corrected chi connectivity index (χ2v) is 7.46. The Morgan fingerprint density at radius 3 is 2.56 bits per heavy atom. The number of para-hydroxylation sites is 1. The molecule has 0 bridgehead atoms. The van der Waals surface area contributed by atoms with E-state index in [0.29, 0.717) is 0 Å². The van der Waals surface area contributed by atoms with Gasteiger partial charge in [0.25, 0.3) is 0 Å². The van der Waals surface area contributed by atoms with Gasteiger partial charge >= 0.3 is 5.97 Å². The van der Waals surface area contributed by atoms with Gasteiger partial charge in [-0.25, -0.2) is 0 Å². The van der Waals surface area contributed by atoms with E-state index in [0.717, 1.165) is 28.6 Å². The van der Waals surface area contributed by atoms with E-state index >= 15 is 0 Å². The monoisotopic (exact) mass is 376 g/mol. The van der Waals surface area contributed by atoms with E-state index < -0.39 is 5.97 Å². The summed E-state index contributed by atoms with van der Waals surface area (Å²) in [6.07, 6.45) is 1.90. The van der Waals surface area contributed by atoms with Crippen LogP contribution < -0.4 is 5.32 Å². The number of hydrogen-bond donors (Lipinski definition) is 2. The van der Waals surface area contributed by atoms with Gasteiger partial charge in [-0.2, -0.15) is 0 Å². The van der Waals surface area contributed by atoms with Crippen molar-refractivity contribution < 1.29 is 9.90 Å². The maximum Gasteiger partial charge on any atom is 0.307 e. The van der Waals surface area contributed by atoms with Crippen LogP contribution in [0, 0.1) is 0 Å². The van der Waals surface area contributed by atoms with Crippen molar-refractivity contribution in [1.29, 1.82) is 0 Å². The number of rotatable bonds is 7. The number of carboxylic acid groups (broad SMARTS) is 1. The minimum atomic E-state index is -0.819. The van der Waals surface area contributed by atoms with E-state index in [-0.39, 0.29) is 12.6 Å². The molecule has 27 heavy (non-hydrogen) atoms. The van der Waals surface area contributed by atoms with Gasteiger partial charge in [0.2, 0.25) is 0 Å². The molecule has 1 unspecified atom stereocenters. The second kappa shape index (κ2) is 7.78. The predicted octanol–water partition coefficient (Wildman–Crippen LogP) is 4.67. The van der Waals surface area contributed by atoms with Crippen molar-refractivity contribution in [3.63, 3.8) is 0 Å². The van der Waals surface area contributed by atoms with Crippen LogP contribution in [0.5, 0.6) is 0 Å². The molecule has 0 fully saturated rings. The third-order valence-corrected chi connectivity index (χ3v) is 5.48. The van der Waals surface area contributed by atoms with Crippen LogP contribution in [0.2, 0.25) is 0 Å². The van der Waals surface area contributed by atoms with Crippen LogP contribution in [-0.2, 0) is 17.8 Å². The maximum atomic E-state index is 11.3. The lowest BCUT2D eigenvalue weighted by atomic mass is 10.1. The summed E-state index contributed by atoms with van der Waals surface area (Å²) < 4.78 is 2.15. The van der Waals surface area contributed by atoms with Gasteiger partial charge in [0, 0.05) is 28.5 Å². The molecule has 0 saturated heterocycles. The molecule has 4 aromatic rings. The Morgan fingerprint density at radius 2 is 1.81 bits per heavy atom. The topological polar surface area (TPSA) is 54.3 Å². The summed E-state index contributed by atoms with van der Waals surface area (Å²) in [6.45, 7) is 0.748. The normalized spacial score (nSPS) is 12.3. The highest BCUT2D eigenvalue weighted by Crippen LogP contribution is 2.28. The first-order valence-corrected chi connectivity index (χ1v) is 9.71. The molecule has 5 heteroatoms. The highest BCUT2D eigenvalue weighted by Gasteiger charge is 2.18. The van der Waals surface area contributed by atoms with Gasteiger partial charge in [0.1, 0.15) is 6.17 Å². The van der Waals surface area contributed by atoms with Crippen molar-refractivity contribution in [3.8, 4) is 0 Å². The van der Waals surface area contributed by atoms with Crippen molar-refractivity contribution in [2.45, 2.75) is 19.1 Å². The zero-order chi connectivity index (χ0) is 18.6. The molecule has 0 radical (unpaired) electrons. The third-order valence-electron chi connectivity index (χ3n) is 4.61. The predicted molar refractivity (Wildman–Crippen MR) is 109 cm³/mol. The molecule has 0 aliphatic heterocycles. The number of benzene rings is 2. The standard InChI is InChI=1S/C22H20N2O2S/c25-21(26)13-17-15-24(20-11-5-4-10-19(17)20)22(16-7-2-1-3-8-16)23-14-18-9-6-12-27-18/h1-12,15,22-23H,13-14H2,(H,25,26). The van der Waals surface area contributed by atoms with Crippen LogP contribution in [0.4, 0.5) is 0 Å². The van der Waals surface area contributed by atoms with Crippen LogP contribution in [0.25, 0.3) is 10.9 Å². The quantitative estimate of drug-likeness (QED) is 0.493. The van der Waals surface area contributed by atoms with Crippen LogP contribution in [-0.4, -0.2) is 15.6 Å². The molecule has 136 valence electrons. The molecular formula is C22H20N2O2S. The number of hydrogen-bond acceptors (Lipinski definition) is 3. The Labute approximate surface area is 161 Å². The number of nitrogens with zero attached hydrogens (tertiary/aromatic N) is 1. The largest absolute Gasteiger partial charge is 0.481 e. The minimum absolute atomic E-state index is 0.0138. The lowest BCUT2D eigenvalue weighted by Crippen LogP contribution is -2.26. The van der Waals surface area contributed by atoms with E-state index in [2.05, 4.69) is 39.5 Å². The van der Waals surface area contributed by atoms with Crippen molar-refractivity contribution in [2.24, 2.45) is 0 Å². The molecule has 4 nitrogen and oxygen atoms in total. The number of aliphatic carboxylic acids is 1. The van der Waals surface area contributed by atoms with Gasteiger partial charge in [-0.3, -0.25) is 10.1 Å². The summed E-state index contributed by atoms with van der Waals surface area (Å²) >= 11 is 1.72. The summed E-state index contributed by atoms with van der Waals surface area (Å²) in [4.78, 5) is 12.6. The fraction of sp³-hybridized carbons (Fsp3) is 0.136. The van der Waals surface area contributed by atoms with Gasteiger partial charge in [0.05, 0.1) is 6.42 Å². The molecule has 0 saturated carbocycles. The number of aromatic nitrogens is 1. The zero-order valence-electron chi connectivity index (χ0n) is 14.7. The number of fused-ring (bicyclic) bond motifs is 1. The molecule has 2 N–H and O–H groups in total. The van der Waals surface area contributed by atoms with E-state index in [1.165, 1.54) is 4.88 Å². The van der Waals surface area contributed by atoms with Gasteiger partial charge in [-0.1, -0.05) is 54.6 Å². The van der Waals surface area contributed by atoms with Gasteiger partial charge in [-0.05, 0) is 28.6 Å². The SMILES string of the molecule is O=C(O)Cc1cn(C(NCc2cccs2)c2ccccc2)c2ccccc12. The molecule has 0 aliphatic rings. The first kappa shape index (κ1) is 17.5. The van der Waals surface area contributed by atoms with Gasteiger partial charge < -0.3 is 9.67 Å². The first-order chi connectivity index (χ1) is 13.2. The highest BCUT2D eigenvalue weighted by molar-refractivity contribution is 7.09. The molecule has 0 aliphatic carbocycles. The Bertz CT molecular complexity index is 1040. The average Bonchev–Trinajstić information content (AvgIpc) is 3.32. The molecule has 2 aromatic carbocycles. The second-order valence-electron chi connectivity index (χ2n) is 6.42. The van der Waals surface area contributed by atoms with Crippen molar-refractivity contribution in [3.05, 3.63) is 94.3 Å². The van der Waals surface area contributed by atoms with Crippen LogP contribution in [0.15, 0.2) is 78.3 Å². The molecule has 2 aromatic heterocycles. The van der Waals surface area contributed by atoms with Crippen molar-refractivity contribution in [2.75, 3.05) is 0 Å². The van der Waals surface area contributed by atoms with E-state index in [9.17, 15) is 9.90 Å². The Morgan fingerprint density at radius 1 is 1.04 bits per heavy atom. The van der Waals surface area contributed by atoms with Gasteiger partial charge in [-0.15, -0.1) is 11.3 Å². The summed E-state index contributed by atoms with van der Waals surface area (Å²) in [5.41, 5.74) is 3.00. The fourth-order valence-corrected chi connectivity index (χ4v) is 4.07. The van der Waals surface area contributed by atoms with Crippen LogP contribution >= 0.6 is 11.3 Å². The zero-order valence-corrected chi connectivity index (χ0v) is 15.5. The van der Waals surface area contributed by atoms with E-state index in [1.54, 1.807) is 11.3 Å². The number of nitrogens with one attached hydrogen (secondary N) is 1. The Balaban J connectivity index is 1.78. The minimum Gasteiger partial charge on any atom is -0.481 e. The lowest BCUT2D eigenvalue weighted by Gasteiger charge is -2.22. The Kier molecular flexibility index (Phi) is 5.05. The van der Waals surface area contributed by atoms with Crippen LogP contribution in [0.1, 0.15) is 22.2 Å². The number of carbonyl (C=O) groups is 1. The number of thiophene rings is 1. The summed E-state index contributed by atoms with van der Waals surface area (Å²) in [7, 11) is 0. The summed E-state index contributed by atoms with van der Waals surface area (Å²) in [6, 6.07) is 22.4. The number of carboxylic acids is 1. The van der Waals surface area contributed by atoms with Crippen molar-refractivity contribution in [1.82, 2.24) is 9.88 Å². The van der Waals surface area contributed by atoms with E-state index in [1.807, 2.05) is 48.7 Å². The average molecular weight is 376 g/mol. The smallest absolute Gasteiger partial charge is 0.307 e. The van der Waals surface area contributed by atoms with Crippen LogP contribution in [0.3, 0.4) is 0 Å². The molecule has 1 atom stereocenters. The van der Waals surface area contributed by atoms with Crippen molar-refractivity contribution >= 4 is 28.2 Å². The molecule has 0 amide bonds. The summed E-state index contributed by atoms with van der Waals surface area (Å²) in [5, 5.41) is 16.0. The molecular weight excluding hydrogens is 356 g/mol. The first-order valence-electron chi connectivity index (χ1n) is 8.83. The third kappa shape index (κ3) is 3.79.